The lowest BCUT2D eigenvalue weighted by Crippen LogP contribution is -1.98. The molecule has 3 aromatic heterocycles. The number of carboxylic acid groups (broad SMARTS) is 1. The molecule has 28 heavy (non-hydrogen) atoms. The molecular formula is C21H16N4O3. The zero-order chi connectivity index (χ0) is 19.3. The number of ether oxygens (including phenoxy) is 1. The third-order valence-electron chi connectivity index (χ3n) is 4.15. The van der Waals surface area contributed by atoms with E-state index in [0.717, 1.165) is 22.5 Å². The lowest BCUT2D eigenvalue weighted by molar-refractivity contribution is 0.0696. The van der Waals surface area contributed by atoms with E-state index in [0.29, 0.717) is 18.1 Å². The molecule has 2 N–H and O–H groups in total. The Balaban J connectivity index is 1.44. The molecule has 0 bridgehead atoms. The Bertz CT molecular complexity index is 1080. The summed E-state index contributed by atoms with van der Waals surface area (Å²) in [5.74, 6) is -0.328. The summed E-state index contributed by atoms with van der Waals surface area (Å²) in [5.41, 5.74) is 4.38. The van der Waals surface area contributed by atoms with Gasteiger partial charge in [0.1, 0.15) is 12.4 Å². The molecule has 0 aliphatic heterocycles. The minimum atomic E-state index is -0.992. The quantitative estimate of drug-likeness (QED) is 0.534. The normalized spacial score (nSPS) is 10.6. The summed E-state index contributed by atoms with van der Waals surface area (Å²) in [5, 5.41) is 15.8. The smallest absolute Gasteiger partial charge is 0.337 e. The van der Waals surface area contributed by atoms with Crippen LogP contribution in [0.2, 0.25) is 0 Å². The SMILES string of the molecule is O=C(O)c1ccc(-c2cccc(COc3ccc(-c4ccn[nH]4)nc3)c2)nc1. The lowest BCUT2D eigenvalue weighted by atomic mass is 10.1. The number of nitrogens with zero attached hydrogens (tertiary/aromatic N) is 3. The molecule has 4 rings (SSSR count). The molecule has 0 aliphatic rings. The van der Waals surface area contributed by atoms with Gasteiger partial charge in [0, 0.05) is 18.0 Å². The predicted octanol–water partition coefficient (Wildman–Crippen LogP) is 3.81. The fourth-order valence-corrected chi connectivity index (χ4v) is 2.70. The van der Waals surface area contributed by atoms with E-state index in [1.54, 1.807) is 24.5 Å². The number of carbonyl (C=O) groups is 1. The number of rotatable bonds is 6. The van der Waals surface area contributed by atoms with Crippen LogP contribution in [0.4, 0.5) is 0 Å². The van der Waals surface area contributed by atoms with Crippen LogP contribution in [-0.2, 0) is 6.61 Å². The monoisotopic (exact) mass is 372 g/mol. The number of benzene rings is 1. The summed E-state index contributed by atoms with van der Waals surface area (Å²) in [6.45, 7) is 0.381. The highest BCUT2D eigenvalue weighted by Gasteiger charge is 2.06. The third-order valence-corrected chi connectivity index (χ3v) is 4.15. The van der Waals surface area contributed by atoms with Gasteiger partial charge in [-0.15, -0.1) is 0 Å². The van der Waals surface area contributed by atoms with Gasteiger partial charge in [-0.25, -0.2) is 4.79 Å². The molecule has 0 atom stereocenters. The highest BCUT2D eigenvalue weighted by molar-refractivity contribution is 5.87. The van der Waals surface area contributed by atoms with Crippen molar-refractivity contribution in [1.29, 1.82) is 0 Å². The van der Waals surface area contributed by atoms with Gasteiger partial charge in [-0.1, -0.05) is 18.2 Å². The van der Waals surface area contributed by atoms with E-state index in [-0.39, 0.29) is 5.56 Å². The second-order valence-corrected chi connectivity index (χ2v) is 6.08. The molecule has 0 unspecified atom stereocenters. The first kappa shape index (κ1) is 17.4. The molecule has 0 fully saturated rings. The molecule has 0 spiro atoms. The van der Waals surface area contributed by atoms with Gasteiger partial charge in [0.15, 0.2) is 0 Å². The number of pyridine rings is 2. The number of nitrogens with one attached hydrogen (secondary N) is 1. The fraction of sp³-hybridized carbons (Fsp3) is 0.0476. The van der Waals surface area contributed by atoms with Crippen LogP contribution in [0.15, 0.2) is 73.2 Å². The molecule has 138 valence electrons. The van der Waals surface area contributed by atoms with Crippen LogP contribution in [0.3, 0.4) is 0 Å². The summed E-state index contributed by atoms with van der Waals surface area (Å²) < 4.78 is 5.82. The minimum absolute atomic E-state index is 0.161. The van der Waals surface area contributed by atoms with E-state index in [4.69, 9.17) is 9.84 Å². The molecule has 0 saturated carbocycles. The van der Waals surface area contributed by atoms with Gasteiger partial charge in [-0.05, 0) is 42.0 Å². The first-order valence-electron chi connectivity index (χ1n) is 8.56. The number of hydrogen-bond acceptors (Lipinski definition) is 5. The molecule has 3 heterocycles. The van der Waals surface area contributed by atoms with E-state index < -0.39 is 5.97 Å². The van der Waals surface area contributed by atoms with Crippen molar-refractivity contribution >= 4 is 5.97 Å². The van der Waals surface area contributed by atoms with Crippen LogP contribution in [0.5, 0.6) is 5.75 Å². The molecule has 1 aromatic carbocycles. The van der Waals surface area contributed by atoms with Crippen LogP contribution in [0, 0.1) is 0 Å². The van der Waals surface area contributed by atoms with Crippen LogP contribution in [-0.4, -0.2) is 31.2 Å². The van der Waals surface area contributed by atoms with E-state index in [2.05, 4.69) is 20.2 Å². The predicted molar refractivity (Wildman–Crippen MR) is 103 cm³/mol. The summed E-state index contributed by atoms with van der Waals surface area (Å²) in [4.78, 5) is 19.5. The molecule has 7 nitrogen and oxygen atoms in total. The Hall–Kier alpha value is -4.00. The first-order chi connectivity index (χ1) is 13.7. The summed E-state index contributed by atoms with van der Waals surface area (Å²) in [6, 6.07) is 16.6. The van der Waals surface area contributed by atoms with Gasteiger partial charge < -0.3 is 9.84 Å². The third kappa shape index (κ3) is 3.88. The van der Waals surface area contributed by atoms with Gasteiger partial charge >= 0.3 is 5.97 Å². The second kappa shape index (κ2) is 7.71. The number of aromatic carboxylic acids is 1. The lowest BCUT2D eigenvalue weighted by Gasteiger charge is -2.08. The largest absolute Gasteiger partial charge is 0.487 e. The summed E-state index contributed by atoms with van der Waals surface area (Å²) in [6.07, 6.45) is 4.71. The van der Waals surface area contributed by atoms with Gasteiger partial charge in [0.25, 0.3) is 0 Å². The Labute approximate surface area is 160 Å². The van der Waals surface area contributed by atoms with Crippen LogP contribution >= 0.6 is 0 Å². The molecule has 7 heteroatoms. The van der Waals surface area contributed by atoms with E-state index in [9.17, 15) is 4.79 Å². The molecule has 0 radical (unpaired) electrons. The summed E-state index contributed by atoms with van der Waals surface area (Å²) >= 11 is 0. The molecular weight excluding hydrogens is 356 g/mol. The molecule has 0 aliphatic carbocycles. The van der Waals surface area contributed by atoms with E-state index >= 15 is 0 Å². The summed E-state index contributed by atoms with van der Waals surface area (Å²) in [7, 11) is 0. The standard InChI is InChI=1S/C21H16N4O3/c26-21(27)16-4-6-18(22-11-16)15-3-1-2-14(10-15)13-28-17-5-7-19(23-12-17)20-8-9-24-25-20/h1-12H,13H2,(H,24,25)(H,26,27). The maximum atomic E-state index is 10.9. The molecule has 0 saturated heterocycles. The van der Waals surface area contributed by atoms with Gasteiger partial charge in [-0.2, -0.15) is 5.10 Å². The zero-order valence-electron chi connectivity index (χ0n) is 14.7. The average molecular weight is 372 g/mol. The highest BCUT2D eigenvalue weighted by atomic mass is 16.5. The van der Waals surface area contributed by atoms with Crippen molar-refractivity contribution in [2.24, 2.45) is 0 Å². The van der Waals surface area contributed by atoms with Crippen LogP contribution in [0.25, 0.3) is 22.6 Å². The van der Waals surface area contributed by atoms with Crippen LogP contribution in [0.1, 0.15) is 15.9 Å². The van der Waals surface area contributed by atoms with Crippen molar-refractivity contribution in [3.05, 3.63) is 84.3 Å². The van der Waals surface area contributed by atoms with Crippen LogP contribution < -0.4 is 4.74 Å². The Morgan fingerprint density at radius 3 is 2.54 bits per heavy atom. The average Bonchev–Trinajstić information content (AvgIpc) is 3.28. The van der Waals surface area contributed by atoms with Crippen molar-refractivity contribution in [3.63, 3.8) is 0 Å². The Morgan fingerprint density at radius 1 is 1.00 bits per heavy atom. The maximum Gasteiger partial charge on any atom is 0.337 e. The fourth-order valence-electron chi connectivity index (χ4n) is 2.70. The highest BCUT2D eigenvalue weighted by Crippen LogP contribution is 2.21. The minimum Gasteiger partial charge on any atom is -0.487 e. The Kier molecular flexibility index (Phi) is 4.79. The number of aromatic nitrogens is 4. The van der Waals surface area contributed by atoms with E-state index in [1.807, 2.05) is 42.5 Å². The number of aromatic amines is 1. The topological polar surface area (TPSA) is 101 Å². The molecule has 4 aromatic rings. The Morgan fingerprint density at radius 2 is 1.86 bits per heavy atom. The van der Waals surface area contributed by atoms with Crippen molar-refractivity contribution in [2.45, 2.75) is 6.61 Å². The zero-order valence-corrected chi connectivity index (χ0v) is 14.7. The van der Waals surface area contributed by atoms with Crippen molar-refractivity contribution < 1.29 is 14.6 Å². The van der Waals surface area contributed by atoms with Gasteiger partial charge in [-0.3, -0.25) is 15.1 Å². The van der Waals surface area contributed by atoms with Gasteiger partial charge in [0.05, 0.1) is 28.8 Å². The van der Waals surface area contributed by atoms with Crippen molar-refractivity contribution in [1.82, 2.24) is 20.2 Å². The maximum absolute atomic E-state index is 10.9. The molecule has 0 amide bonds. The van der Waals surface area contributed by atoms with Gasteiger partial charge in [0.2, 0.25) is 0 Å². The number of H-pyrrole nitrogens is 1. The number of carboxylic acids is 1. The van der Waals surface area contributed by atoms with E-state index in [1.165, 1.54) is 6.20 Å². The van der Waals surface area contributed by atoms with Crippen molar-refractivity contribution in [2.75, 3.05) is 0 Å². The first-order valence-corrected chi connectivity index (χ1v) is 8.56. The van der Waals surface area contributed by atoms with Crippen molar-refractivity contribution in [3.8, 4) is 28.4 Å². The second-order valence-electron chi connectivity index (χ2n) is 6.08. The number of hydrogen-bond donors (Lipinski definition) is 2.